The zero-order chi connectivity index (χ0) is 7.40. The van der Waals surface area contributed by atoms with Crippen molar-refractivity contribution in [1.82, 2.24) is 0 Å². The summed E-state index contributed by atoms with van der Waals surface area (Å²) in [5, 5.41) is 2.11. The molecule has 2 heteroatoms. The van der Waals surface area contributed by atoms with Gasteiger partial charge in [-0.15, -0.1) is 22.9 Å². The highest BCUT2D eigenvalue weighted by Gasteiger charge is 2.01. The molecule has 0 spiro atoms. The van der Waals surface area contributed by atoms with Crippen LogP contribution in [0.15, 0.2) is 17.5 Å². The van der Waals surface area contributed by atoms with E-state index in [1.807, 2.05) is 11.3 Å². The molecule has 0 saturated carbocycles. The molecule has 56 valence electrons. The Labute approximate surface area is 70.8 Å². The van der Waals surface area contributed by atoms with Crippen molar-refractivity contribution in [3.05, 3.63) is 22.4 Å². The van der Waals surface area contributed by atoms with Crippen molar-refractivity contribution in [3.63, 3.8) is 0 Å². The summed E-state index contributed by atoms with van der Waals surface area (Å²) in [6.07, 6.45) is 1.13. The number of halogens is 1. The van der Waals surface area contributed by atoms with E-state index < -0.39 is 0 Å². The Hall–Kier alpha value is -0.0100. The lowest BCUT2D eigenvalue weighted by Gasteiger charge is -2.02. The molecule has 0 aliphatic heterocycles. The summed E-state index contributed by atoms with van der Waals surface area (Å²) in [7, 11) is 0. The van der Waals surface area contributed by atoms with E-state index in [1.54, 1.807) is 0 Å². The van der Waals surface area contributed by atoms with E-state index in [4.69, 9.17) is 11.6 Å². The SMILES string of the molecule is CC(CCl)Cc1cccs1. The van der Waals surface area contributed by atoms with Crippen LogP contribution in [-0.4, -0.2) is 5.88 Å². The summed E-state index contributed by atoms with van der Waals surface area (Å²) in [6.45, 7) is 2.17. The van der Waals surface area contributed by atoms with Crippen molar-refractivity contribution >= 4 is 22.9 Å². The second-order valence-electron chi connectivity index (χ2n) is 2.54. The van der Waals surface area contributed by atoms with Crippen molar-refractivity contribution in [1.29, 1.82) is 0 Å². The first-order valence-electron chi connectivity index (χ1n) is 3.41. The van der Waals surface area contributed by atoms with E-state index in [9.17, 15) is 0 Å². The van der Waals surface area contributed by atoms with E-state index in [1.165, 1.54) is 4.88 Å². The van der Waals surface area contributed by atoms with Crippen molar-refractivity contribution in [2.75, 3.05) is 5.88 Å². The Morgan fingerprint density at radius 3 is 3.00 bits per heavy atom. The molecule has 0 N–H and O–H groups in total. The molecule has 0 aliphatic carbocycles. The van der Waals surface area contributed by atoms with Crippen molar-refractivity contribution in [2.45, 2.75) is 13.3 Å². The van der Waals surface area contributed by atoms with Crippen LogP contribution in [0.5, 0.6) is 0 Å². The second-order valence-corrected chi connectivity index (χ2v) is 3.88. The van der Waals surface area contributed by atoms with Crippen molar-refractivity contribution in [2.24, 2.45) is 5.92 Å². The largest absolute Gasteiger partial charge is 0.149 e. The van der Waals surface area contributed by atoms with Crippen LogP contribution in [0.2, 0.25) is 0 Å². The maximum absolute atomic E-state index is 5.67. The van der Waals surface area contributed by atoms with Gasteiger partial charge in [0, 0.05) is 10.8 Å². The predicted molar refractivity (Wildman–Crippen MR) is 47.9 cm³/mol. The number of alkyl halides is 1. The molecule has 1 atom stereocenters. The highest BCUT2D eigenvalue weighted by atomic mass is 35.5. The van der Waals surface area contributed by atoms with Gasteiger partial charge in [0.2, 0.25) is 0 Å². The van der Waals surface area contributed by atoms with E-state index >= 15 is 0 Å². The lowest BCUT2D eigenvalue weighted by atomic mass is 10.1. The molecule has 1 aromatic heterocycles. The van der Waals surface area contributed by atoms with Crippen molar-refractivity contribution < 1.29 is 0 Å². The molecular weight excluding hydrogens is 164 g/mol. The van der Waals surface area contributed by atoms with Gasteiger partial charge in [-0.1, -0.05) is 13.0 Å². The smallest absolute Gasteiger partial charge is 0.0252 e. The molecule has 0 nitrogen and oxygen atoms in total. The molecule has 1 aromatic rings. The Balaban J connectivity index is 2.40. The van der Waals surface area contributed by atoms with Crippen LogP contribution in [-0.2, 0) is 6.42 Å². The highest BCUT2D eigenvalue weighted by molar-refractivity contribution is 7.09. The van der Waals surface area contributed by atoms with Crippen LogP contribution >= 0.6 is 22.9 Å². The van der Waals surface area contributed by atoms with E-state index in [0.29, 0.717) is 5.92 Å². The topological polar surface area (TPSA) is 0 Å². The molecule has 1 rings (SSSR count). The number of hydrogen-bond donors (Lipinski definition) is 0. The zero-order valence-corrected chi connectivity index (χ0v) is 7.58. The van der Waals surface area contributed by atoms with Gasteiger partial charge in [-0.2, -0.15) is 0 Å². The summed E-state index contributed by atoms with van der Waals surface area (Å²) in [6, 6.07) is 4.24. The fourth-order valence-electron chi connectivity index (χ4n) is 0.827. The van der Waals surface area contributed by atoms with Gasteiger partial charge in [0.05, 0.1) is 0 Å². The van der Waals surface area contributed by atoms with Crippen LogP contribution in [0.1, 0.15) is 11.8 Å². The normalized spacial score (nSPS) is 13.4. The third kappa shape index (κ3) is 2.31. The number of thiophene rings is 1. The fourth-order valence-corrected chi connectivity index (χ4v) is 1.81. The van der Waals surface area contributed by atoms with E-state index in [0.717, 1.165) is 12.3 Å². The number of rotatable bonds is 3. The summed E-state index contributed by atoms with van der Waals surface area (Å²) in [5.74, 6) is 1.37. The maximum atomic E-state index is 5.67. The van der Waals surface area contributed by atoms with Crippen LogP contribution in [0.4, 0.5) is 0 Å². The predicted octanol–water partition coefficient (Wildman–Crippen LogP) is 3.17. The molecule has 0 aliphatic rings. The zero-order valence-electron chi connectivity index (χ0n) is 6.01. The summed E-state index contributed by atoms with van der Waals surface area (Å²) >= 11 is 7.48. The monoisotopic (exact) mass is 174 g/mol. The van der Waals surface area contributed by atoms with Crippen molar-refractivity contribution in [3.8, 4) is 0 Å². The first-order valence-corrected chi connectivity index (χ1v) is 4.82. The van der Waals surface area contributed by atoms with Gasteiger partial charge in [0.15, 0.2) is 0 Å². The molecule has 10 heavy (non-hydrogen) atoms. The van der Waals surface area contributed by atoms with Gasteiger partial charge in [-0.05, 0) is 23.8 Å². The van der Waals surface area contributed by atoms with E-state index in [-0.39, 0.29) is 0 Å². The van der Waals surface area contributed by atoms with Crippen LogP contribution < -0.4 is 0 Å². The molecule has 0 fully saturated rings. The lowest BCUT2D eigenvalue weighted by molar-refractivity contribution is 0.662. The third-order valence-corrected chi connectivity index (χ3v) is 2.82. The van der Waals surface area contributed by atoms with Gasteiger partial charge in [-0.25, -0.2) is 0 Å². The first-order chi connectivity index (χ1) is 4.83. The minimum absolute atomic E-state index is 0.611. The average Bonchev–Trinajstić information content (AvgIpc) is 2.40. The van der Waals surface area contributed by atoms with Gasteiger partial charge in [-0.3, -0.25) is 0 Å². The molecule has 0 saturated heterocycles. The lowest BCUT2D eigenvalue weighted by Crippen LogP contribution is -1.98. The Morgan fingerprint density at radius 2 is 2.50 bits per heavy atom. The van der Waals surface area contributed by atoms with Gasteiger partial charge >= 0.3 is 0 Å². The summed E-state index contributed by atoms with van der Waals surface area (Å²) in [5.41, 5.74) is 0. The van der Waals surface area contributed by atoms with Crippen LogP contribution in [0, 0.1) is 5.92 Å². The average molecular weight is 175 g/mol. The van der Waals surface area contributed by atoms with Gasteiger partial charge in [0.25, 0.3) is 0 Å². The van der Waals surface area contributed by atoms with Crippen LogP contribution in [0.25, 0.3) is 0 Å². The standard InChI is InChI=1S/C8H11ClS/c1-7(6-9)5-8-3-2-4-10-8/h2-4,7H,5-6H2,1H3. The molecule has 0 radical (unpaired) electrons. The third-order valence-electron chi connectivity index (χ3n) is 1.39. The molecular formula is C8H11ClS. The minimum Gasteiger partial charge on any atom is -0.149 e. The van der Waals surface area contributed by atoms with Gasteiger partial charge < -0.3 is 0 Å². The fraction of sp³-hybridized carbons (Fsp3) is 0.500. The Morgan fingerprint density at radius 1 is 1.70 bits per heavy atom. The molecule has 1 heterocycles. The van der Waals surface area contributed by atoms with Crippen LogP contribution in [0.3, 0.4) is 0 Å². The molecule has 0 amide bonds. The maximum Gasteiger partial charge on any atom is 0.0252 e. The first kappa shape index (κ1) is 8.09. The summed E-state index contributed by atoms with van der Waals surface area (Å²) < 4.78 is 0. The van der Waals surface area contributed by atoms with E-state index in [2.05, 4.69) is 24.4 Å². The molecule has 1 unspecified atom stereocenters. The minimum atomic E-state index is 0.611. The highest BCUT2D eigenvalue weighted by Crippen LogP contribution is 2.14. The Bertz CT molecular complexity index is 169. The summed E-state index contributed by atoms with van der Waals surface area (Å²) in [4.78, 5) is 1.44. The molecule has 0 bridgehead atoms. The quantitative estimate of drug-likeness (QED) is 0.618. The number of hydrogen-bond acceptors (Lipinski definition) is 1. The second kappa shape index (κ2) is 3.99. The molecule has 0 aromatic carbocycles. The Kier molecular flexibility index (Phi) is 3.23. The van der Waals surface area contributed by atoms with Gasteiger partial charge in [0.1, 0.15) is 0 Å².